The van der Waals surface area contributed by atoms with Crippen molar-refractivity contribution in [3.8, 4) is 0 Å². The van der Waals surface area contributed by atoms with Gasteiger partial charge in [0.1, 0.15) is 11.8 Å². The maximum Gasteiger partial charge on any atom is 0.314 e. The van der Waals surface area contributed by atoms with Crippen molar-refractivity contribution in [1.29, 1.82) is 0 Å². The quantitative estimate of drug-likeness (QED) is 0.609. The molecule has 3 aromatic rings. The van der Waals surface area contributed by atoms with Crippen LogP contribution in [0.15, 0.2) is 43.0 Å². The Morgan fingerprint density at radius 1 is 1.14 bits per heavy atom. The summed E-state index contributed by atoms with van der Waals surface area (Å²) in [6, 6.07) is 9.48. The van der Waals surface area contributed by atoms with Crippen LogP contribution in [0.5, 0.6) is 0 Å². The molecule has 0 saturated heterocycles. The molecule has 3 atom stereocenters. The molecule has 0 fully saturated rings. The lowest BCUT2D eigenvalue weighted by molar-refractivity contribution is -0.155. The van der Waals surface area contributed by atoms with E-state index in [0.717, 1.165) is 12.0 Å². The zero-order chi connectivity index (χ0) is 20.1. The Morgan fingerprint density at radius 3 is 2.61 bits per heavy atom. The van der Waals surface area contributed by atoms with Crippen molar-refractivity contribution in [2.24, 2.45) is 5.92 Å². The Bertz CT molecular complexity index is 957. The molecule has 8 heteroatoms. The van der Waals surface area contributed by atoms with Crippen LogP contribution in [0, 0.1) is 5.92 Å². The number of hydrogen-bond donors (Lipinski definition) is 2. The van der Waals surface area contributed by atoms with Gasteiger partial charge in [0.2, 0.25) is 0 Å². The normalized spacial score (nSPS) is 14.2. The standard InChI is InChI=1S/C20H23N5O3/c1-4-12(2)15(14-8-6-5-7-9-14)20(27)28-13(3)19(26)25-18-16-17(22-10-21-16)23-11-24-18/h5-13,15H,4H2,1-3H3,(H2,21,22,23,24,25,26). The number of amides is 1. The maximum absolute atomic E-state index is 12.8. The number of fused-ring (bicyclic) bond motifs is 1. The van der Waals surface area contributed by atoms with E-state index in [2.05, 4.69) is 25.3 Å². The van der Waals surface area contributed by atoms with Gasteiger partial charge in [0, 0.05) is 0 Å². The van der Waals surface area contributed by atoms with Crippen LogP contribution in [0.25, 0.3) is 11.2 Å². The molecular weight excluding hydrogens is 358 g/mol. The third kappa shape index (κ3) is 4.16. The molecule has 1 amide bonds. The van der Waals surface area contributed by atoms with E-state index >= 15 is 0 Å². The van der Waals surface area contributed by atoms with Crippen molar-refractivity contribution in [1.82, 2.24) is 19.9 Å². The molecule has 0 saturated carbocycles. The summed E-state index contributed by atoms with van der Waals surface area (Å²) in [4.78, 5) is 40.3. The molecule has 0 bridgehead atoms. The van der Waals surface area contributed by atoms with Gasteiger partial charge >= 0.3 is 5.97 Å². The number of H-pyrrole nitrogens is 1. The molecule has 0 radical (unpaired) electrons. The molecule has 0 aliphatic carbocycles. The fourth-order valence-electron chi connectivity index (χ4n) is 2.97. The van der Waals surface area contributed by atoms with Crippen molar-refractivity contribution in [2.75, 3.05) is 5.32 Å². The highest BCUT2D eigenvalue weighted by molar-refractivity contribution is 5.99. The number of nitrogens with zero attached hydrogens (tertiary/aromatic N) is 3. The zero-order valence-corrected chi connectivity index (χ0v) is 16.0. The number of rotatable bonds is 7. The predicted octanol–water partition coefficient (Wildman–Crippen LogP) is 3.05. The number of carbonyl (C=O) groups is 2. The first-order valence-corrected chi connectivity index (χ1v) is 9.21. The third-order valence-electron chi connectivity index (χ3n) is 4.75. The maximum atomic E-state index is 12.8. The molecule has 8 nitrogen and oxygen atoms in total. The number of benzene rings is 1. The third-order valence-corrected chi connectivity index (χ3v) is 4.75. The van der Waals surface area contributed by atoms with Crippen LogP contribution in [0.2, 0.25) is 0 Å². The second-order valence-electron chi connectivity index (χ2n) is 6.67. The average molecular weight is 381 g/mol. The van der Waals surface area contributed by atoms with Crippen LogP contribution in [-0.2, 0) is 14.3 Å². The average Bonchev–Trinajstić information content (AvgIpc) is 3.18. The summed E-state index contributed by atoms with van der Waals surface area (Å²) >= 11 is 0. The molecule has 0 aliphatic rings. The molecule has 28 heavy (non-hydrogen) atoms. The van der Waals surface area contributed by atoms with Crippen LogP contribution in [0.3, 0.4) is 0 Å². The molecule has 3 unspecified atom stereocenters. The molecular formula is C20H23N5O3. The summed E-state index contributed by atoms with van der Waals surface area (Å²) in [7, 11) is 0. The van der Waals surface area contributed by atoms with Gasteiger partial charge in [-0.15, -0.1) is 0 Å². The summed E-state index contributed by atoms with van der Waals surface area (Å²) in [6.45, 7) is 5.56. The molecule has 3 rings (SSSR count). The van der Waals surface area contributed by atoms with E-state index in [1.165, 1.54) is 19.6 Å². The minimum absolute atomic E-state index is 0.0802. The number of hydrogen-bond acceptors (Lipinski definition) is 6. The lowest BCUT2D eigenvalue weighted by Gasteiger charge is -2.23. The topological polar surface area (TPSA) is 110 Å². The van der Waals surface area contributed by atoms with Crippen molar-refractivity contribution in [3.05, 3.63) is 48.5 Å². The summed E-state index contributed by atoms with van der Waals surface area (Å²) in [6.07, 6.45) is 2.61. The Labute approximate surface area is 162 Å². The number of nitrogens with one attached hydrogen (secondary N) is 2. The number of ether oxygens (including phenoxy) is 1. The summed E-state index contributed by atoms with van der Waals surface area (Å²) < 4.78 is 5.50. The fourth-order valence-corrected chi connectivity index (χ4v) is 2.97. The van der Waals surface area contributed by atoms with E-state index in [1.54, 1.807) is 0 Å². The van der Waals surface area contributed by atoms with E-state index in [0.29, 0.717) is 11.2 Å². The Balaban J connectivity index is 1.71. The highest BCUT2D eigenvalue weighted by atomic mass is 16.5. The summed E-state index contributed by atoms with van der Waals surface area (Å²) in [5.74, 6) is -0.954. The summed E-state index contributed by atoms with van der Waals surface area (Å²) in [5.41, 5.74) is 1.83. The highest BCUT2D eigenvalue weighted by Gasteiger charge is 2.30. The van der Waals surface area contributed by atoms with Crippen LogP contribution >= 0.6 is 0 Å². The van der Waals surface area contributed by atoms with Crippen molar-refractivity contribution >= 4 is 28.9 Å². The second-order valence-corrected chi connectivity index (χ2v) is 6.67. The highest BCUT2D eigenvalue weighted by Crippen LogP contribution is 2.28. The Morgan fingerprint density at radius 2 is 1.89 bits per heavy atom. The summed E-state index contributed by atoms with van der Waals surface area (Å²) in [5, 5.41) is 2.66. The smallest absolute Gasteiger partial charge is 0.314 e. The number of aromatic nitrogens is 4. The van der Waals surface area contributed by atoms with Gasteiger partial charge in [-0.1, -0.05) is 50.6 Å². The molecule has 1 aromatic carbocycles. The molecule has 2 heterocycles. The van der Waals surface area contributed by atoms with E-state index in [-0.39, 0.29) is 11.7 Å². The van der Waals surface area contributed by atoms with Crippen LogP contribution < -0.4 is 5.32 Å². The lowest BCUT2D eigenvalue weighted by Crippen LogP contribution is -2.33. The van der Waals surface area contributed by atoms with Gasteiger partial charge in [-0.3, -0.25) is 9.59 Å². The van der Waals surface area contributed by atoms with E-state index in [9.17, 15) is 9.59 Å². The van der Waals surface area contributed by atoms with Crippen molar-refractivity contribution < 1.29 is 14.3 Å². The number of carbonyl (C=O) groups excluding carboxylic acids is 2. The second kappa shape index (κ2) is 8.60. The molecule has 2 N–H and O–H groups in total. The Hall–Kier alpha value is -3.29. The number of anilines is 1. The van der Waals surface area contributed by atoms with Gasteiger partial charge < -0.3 is 15.0 Å². The van der Waals surface area contributed by atoms with E-state index < -0.39 is 23.9 Å². The Kier molecular flexibility index (Phi) is 5.98. The van der Waals surface area contributed by atoms with Crippen LogP contribution in [0.4, 0.5) is 5.82 Å². The number of esters is 1. The van der Waals surface area contributed by atoms with E-state index in [1.807, 2.05) is 44.2 Å². The van der Waals surface area contributed by atoms with Gasteiger partial charge in [0.25, 0.3) is 5.91 Å². The van der Waals surface area contributed by atoms with Crippen LogP contribution in [-0.4, -0.2) is 37.9 Å². The minimum atomic E-state index is -0.976. The molecule has 146 valence electrons. The van der Waals surface area contributed by atoms with Gasteiger partial charge in [0.05, 0.1) is 12.2 Å². The van der Waals surface area contributed by atoms with Crippen molar-refractivity contribution in [2.45, 2.75) is 39.2 Å². The lowest BCUT2D eigenvalue weighted by atomic mass is 9.85. The van der Waals surface area contributed by atoms with Gasteiger partial charge in [-0.25, -0.2) is 15.0 Å². The first-order valence-electron chi connectivity index (χ1n) is 9.21. The zero-order valence-electron chi connectivity index (χ0n) is 16.0. The number of imidazole rings is 1. The molecule has 2 aromatic heterocycles. The molecule has 0 spiro atoms. The van der Waals surface area contributed by atoms with Crippen molar-refractivity contribution in [3.63, 3.8) is 0 Å². The largest absolute Gasteiger partial charge is 0.452 e. The molecule has 0 aliphatic heterocycles. The SMILES string of the molecule is CCC(C)C(C(=O)OC(C)C(=O)Nc1ncnc2nc[nH]c12)c1ccccc1. The number of aromatic amines is 1. The first-order chi connectivity index (χ1) is 13.5. The van der Waals surface area contributed by atoms with Gasteiger partial charge in [-0.05, 0) is 18.4 Å². The monoisotopic (exact) mass is 381 g/mol. The van der Waals surface area contributed by atoms with Gasteiger partial charge in [-0.2, -0.15) is 0 Å². The van der Waals surface area contributed by atoms with E-state index in [4.69, 9.17) is 4.74 Å². The van der Waals surface area contributed by atoms with Crippen LogP contribution in [0.1, 0.15) is 38.7 Å². The fraction of sp³-hybridized carbons (Fsp3) is 0.350. The van der Waals surface area contributed by atoms with Gasteiger partial charge in [0.15, 0.2) is 17.6 Å². The first kappa shape index (κ1) is 19.5. The minimum Gasteiger partial charge on any atom is -0.452 e. The predicted molar refractivity (Wildman–Crippen MR) is 105 cm³/mol.